The summed E-state index contributed by atoms with van der Waals surface area (Å²) in [7, 11) is -3.34. The summed E-state index contributed by atoms with van der Waals surface area (Å²) < 4.78 is 25.8. The number of aromatic hydroxyl groups is 2. The molecule has 0 saturated carbocycles. The number of rotatable bonds is 6. The average Bonchev–Trinajstić information content (AvgIpc) is 3.24. The van der Waals surface area contributed by atoms with Crippen LogP contribution >= 0.6 is 0 Å². The van der Waals surface area contributed by atoms with Crippen LogP contribution < -0.4 is 0 Å². The summed E-state index contributed by atoms with van der Waals surface area (Å²) in [5.74, 6) is 0.323. The van der Waals surface area contributed by atoms with Gasteiger partial charge in [0.1, 0.15) is 11.5 Å². The maximum absolute atomic E-state index is 12.0. The molecule has 0 aliphatic heterocycles. The number of nitrogens with zero attached hydrogens (tertiary/aromatic N) is 2. The Morgan fingerprint density at radius 1 is 0.722 bits per heavy atom. The number of phenols is 2. The number of hydrogen-bond donors (Lipinski definition) is 2. The van der Waals surface area contributed by atoms with Crippen LogP contribution in [-0.2, 0) is 16.3 Å². The predicted molar refractivity (Wildman–Crippen MR) is 140 cm³/mol. The van der Waals surface area contributed by atoms with Gasteiger partial charge in [-0.1, -0.05) is 30.3 Å². The van der Waals surface area contributed by atoms with E-state index in [1.807, 2.05) is 42.5 Å². The molecule has 5 aromatic rings. The van der Waals surface area contributed by atoms with Crippen molar-refractivity contribution in [3.63, 3.8) is 0 Å². The monoisotopic (exact) mass is 496 g/mol. The third kappa shape index (κ3) is 4.74. The second-order valence-electron chi connectivity index (χ2n) is 8.61. The molecule has 0 radical (unpaired) electrons. The van der Waals surface area contributed by atoms with Gasteiger partial charge in [-0.05, 0) is 78.4 Å². The zero-order valence-corrected chi connectivity index (χ0v) is 20.4. The van der Waals surface area contributed by atoms with Crippen LogP contribution in [0.3, 0.4) is 0 Å². The maximum atomic E-state index is 12.0. The van der Waals surface area contributed by atoms with Gasteiger partial charge in [0.05, 0.1) is 22.0 Å². The van der Waals surface area contributed by atoms with Gasteiger partial charge in [0.15, 0.2) is 9.84 Å². The highest BCUT2D eigenvalue weighted by Gasteiger charge is 2.22. The van der Waals surface area contributed by atoms with E-state index in [-0.39, 0.29) is 16.4 Å². The Morgan fingerprint density at radius 3 is 1.83 bits per heavy atom. The van der Waals surface area contributed by atoms with Crippen molar-refractivity contribution in [2.75, 3.05) is 6.26 Å². The van der Waals surface area contributed by atoms with E-state index in [0.29, 0.717) is 12.1 Å². The van der Waals surface area contributed by atoms with Crippen LogP contribution in [0.25, 0.3) is 28.2 Å². The summed E-state index contributed by atoms with van der Waals surface area (Å²) in [4.78, 5) is 0.229. The highest BCUT2D eigenvalue weighted by Crippen LogP contribution is 2.37. The SMILES string of the molecule is CS(=O)(=O)c1ccc(-n2nc(-c3ccc(O)cc3)c(Cc3ccccc3)c2-c2ccc(O)cc2)cc1. The van der Waals surface area contributed by atoms with E-state index in [9.17, 15) is 18.6 Å². The lowest BCUT2D eigenvalue weighted by atomic mass is 9.96. The second-order valence-corrected chi connectivity index (χ2v) is 10.6. The molecular formula is C29H24N2O4S. The van der Waals surface area contributed by atoms with Crippen molar-refractivity contribution in [1.29, 1.82) is 0 Å². The molecule has 0 aliphatic rings. The van der Waals surface area contributed by atoms with Crippen LogP contribution in [-0.4, -0.2) is 34.7 Å². The van der Waals surface area contributed by atoms with Gasteiger partial charge in [-0.3, -0.25) is 0 Å². The topological polar surface area (TPSA) is 92.4 Å². The summed E-state index contributed by atoms with van der Waals surface area (Å²) in [5, 5.41) is 24.7. The first-order chi connectivity index (χ1) is 17.3. The molecule has 0 spiro atoms. The van der Waals surface area contributed by atoms with E-state index in [1.165, 1.54) is 6.26 Å². The van der Waals surface area contributed by atoms with E-state index >= 15 is 0 Å². The van der Waals surface area contributed by atoms with Crippen LogP contribution in [0.4, 0.5) is 0 Å². The van der Waals surface area contributed by atoms with Crippen molar-refractivity contribution >= 4 is 9.84 Å². The molecule has 1 heterocycles. The number of benzene rings is 4. The minimum atomic E-state index is -3.34. The molecule has 0 saturated heterocycles. The number of aromatic nitrogens is 2. The molecule has 0 bridgehead atoms. The Bertz CT molecular complexity index is 1610. The lowest BCUT2D eigenvalue weighted by molar-refractivity contribution is 0.475. The van der Waals surface area contributed by atoms with Crippen molar-refractivity contribution in [1.82, 2.24) is 9.78 Å². The number of sulfone groups is 1. The normalized spacial score (nSPS) is 11.5. The lowest BCUT2D eigenvalue weighted by Gasteiger charge is -2.12. The minimum absolute atomic E-state index is 0.158. The highest BCUT2D eigenvalue weighted by atomic mass is 32.2. The molecule has 0 fully saturated rings. The largest absolute Gasteiger partial charge is 0.508 e. The standard InChI is InChI=1S/C29H24N2O4S/c1-36(34,35)26-17-11-23(12-18-26)31-29(22-9-15-25(33)16-10-22)27(19-20-5-3-2-4-6-20)28(30-31)21-7-13-24(32)14-8-21/h2-18,32-33H,19H2,1H3. The van der Waals surface area contributed by atoms with Crippen LogP contribution in [0, 0.1) is 0 Å². The molecule has 0 unspecified atom stereocenters. The third-order valence-corrected chi connectivity index (χ3v) is 7.13. The Kier molecular flexibility index (Phi) is 6.08. The van der Waals surface area contributed by atoms with Gasteiger partial charge < -0.3 is 10.2 Å². The molecule has 5 rings (SSSR count). The molecular weight excluding hydrogens is 472 g/mol. The van der Waals surface area contributed by atoms with Gasteiger partial charge in [-0.25, -0.2) is 13.1 Å². The predicted octanol–water partition coefficient (Wildman–Crippen LogP) is 5.61. The van der Waals surface area contributed by atoms with Crippen LogP contribution in [0.2, 0.25) is 0 Å². The Labute approximate surface area is 209 Å². The zero-order chi connectivity index (χ0) is 25.3. The van der Waals surface area contributed by atoms with Gasteiger partial charge in [0.2, 0.25) is 0 Å². The third-order valence-electron chi connectivity index (χ3n) is 6.00. The molecule has 7 heteroatoms. The smallest absolute Gasteiger partial charge is 0.175 e. The number of phenolic OH excluding ortho intramolecular Hbond substituents is 2. The average molecular weight is 497 g/mol. The van der Waals surface area contributed by atoms with Crippen molar-refractivity contribution in [3.8, 4) is 39.7 Å². The fourth-order valence-corrected chi connectivity index (χ4v) is 4.84. The van der Waals surface area contributed by atoms with E-state index in [4.69, 9.17) is 5.10 Å². The van der Waals surface area contributed by atoms with Gasteiger partial charge in [-0.2, -0.15) is 5.10 Å². The lowest BCUT2D eigenvalue weighted by Crippen LogP contribution is -2.02. The van der Waals surface area contributed by atoms with E-state index in [2.05, 4.69) is 12.1 Å². The molecule has 2 N–H and O–H groups in total. The number of hydrogen-bond acceptors (Lipinski definition) is 5. The summed E-state index contributed by atoms with van der Waals surface area (Å²) >= 11 is 0. The van der Waals surface area contributed by atoms with Crippen molar-refractivity contribution in [2.24, 2.45) is 0 Å². The Hall–Kier alpha value is -4.36. The first-order valence-electron chi connectivity index (χ1n) is 11.3. The summed E-state index contributed by atoms with van der Waals surface area (Å²) in [5.41, 5.74) is 6.02. The zero-order valence-electron chi connectivity index (χ0n) is 19.5. The molecule has 180 valence electrons. The molecule has 36 heavy (non-hydrogen) atoms. The first-order valence-corrected chi connectivity index (χ1v) is 13.2. The van der Waals surface area contributed by atoms with Gasteiger partial charge in [0, 0.05) is 29.4 Å². The Morgan fingerprint density at radius 2 is 1.28 bits per heavy atom. The summed E-state index contributed by atoms with van der Waals surface area (Å²) in [6.07, 6.45) is 1.77. The van der Waals surface area contributed by atoms with Crippen LogP contribution in [0.1, 0.15) is 11.1 Å². The van der Waals surface area contributed by atoms with Gasteiger partial charge in [0.25, 0.3) is 0 Å². The first kappa shape index (κ1) is 23.4. The van der Waals surface area contributed by atoms with E-state index in [1.54, 1.807) is 53.2 Å². The fraction of sp³-hybridized carbons (Fsp3) is 0.0690. The molecule has 0 atom stereocenters. The minimum Gasteiger partial charge on any atom is -0.508 e. The quantitative estimate of drug-likeness (QED) is 0.319. The van der Waals surface area contributed by atoms with Crippen molar-refractivity contribution in [2.45, 2.75) is 11.3 Å². The molecule has 0 aliphatic carbocycles. The summed E-state index contributed by atoms with van der Waals surface area (Å²) in [6, 6.07) is 30.5. The Balaban J connectivity index is 1.78. The molecule has 0 amide bonds. The van der Waals surface area contributed by atoms with E-state index < -0.39 is 9.84 Å². The molecule has 4 aromatic carbocycles. The van der Waals surface area contributed by atoms with Crippen molar-refractivity contribution < 1.29 is 18.6 Å². The van der Waals surface area contributed by atoms with Crippen LogP contribution in [0.5, 0.6) is 11.5 Å². The maximum Gasteiger partial charge on any atom is 0.175 e. The van der Waals surface area contributed by atoms with Crippen LogP contribution in [0.15, 0.2) is 108 Å². The van der Waals surface area contributed by atoms with E-state index in [0.717, 1.165) is 33.6 Å². The molecule has 1 aromatic heterocycles. The molecule has 6 nitrogen and oxygen atoms in total. The van der Waals surface area contributed by atoms with Crippen molar-refractivity contribution in [3.05, 3.63) is 114 Å². The highest BCUT2D eigenvalue weighted by molar-refractivity contribution is 7.90. The van der Waals surface area contributed by atoms with Gasteiger partial charge >= 0.3 is 0 Å². The fourth-order valence-electron chi connectivity index (χ4n) is 4.21. The summed E-state index contributed by atoms with van der Waals surface area (Å²) in [6.45, 7) is 0. The van der Waals surface area contributed by atoms with Gasteiger partial charge in [-0.15, -0.1) is 0 Å². The second kappa shape index (κ2) is 9.36.